The number of hydrogen-bond donors (Lipinski definition) is 1. The Kier molecular flexibility index (Phi) is 4.19. The zero-order chi connectivity index (χ0) is 6.69. The van der Waals surface area contributed by atoms with E-state index in [1.54, 1.807) is 0 Å². The highest BCUT2D eigenvalue weighted by Crippen LogP contribution is 2.20. The first-order chi connectivity index (χ1) is 4.29. The van der Waals surface area contributed by atoms with Gasteiger partial charge < -0.3 is 9.84 Å². The number of ether oxygens (including phenoxy) is 1. The number of rotatable bonds is 1. The van der Waals surface area contributed by atoms with Crippen LogP contribution in [0.2, 0.25) is 0 Å². The van der Waals surface area contributed by atoms with Gasteiger partial charge in [-0.1, -0.05) is 0 Å². The van der Waals surface area contributed by atoms with Gasteiger partial charge in [-0.2, -0.15) is 0 Å². The van der Waals surface area contributed by atoms with Crippen LogP contribution in [0.5, 0.6) is 0 Å². The lowest BCUT2D eigenvalue weighted by molar-refractivity contribution is 0.0547. The van der Waals surface area contributed by atoms with Crippen LogP contribution >= 0.6 is 12.4 Å². The Hall–Kier alpha value is -0.440. The molecular weight excluding hydrogens is 156 g/mol. The van der Waals surface area contributed by atoms with E-state index in [-0.39, 0.29) is 18.5 Å². The summed E-state index contributed by atoms with van der Waals surface area (Å²) in [4.78, 5) is 9.93. The first-order valence-corrected chi connectivity index (χ1v) is 3.18. The summed E-state index contributed by atoms with van der Waals surface area (Å²) in [6.45, 7) is 0. The van der Waals surface area contributed by atoms with E-state index in [4.69, 9.17) is 5.11 Å². The molecule has 1 saturated carbocycles. The van der Waals surface area contributed by atoms with E-state index >= 15 is 0 Å². The molecule has 1 aliphatic rings. The molecule has 4 heteroatoms. The molecule has 0 radical (unpaired) electrons. The normalized spacial score (nSPS) is 18.0. The fourth-order valence-corrected chi connectivity index (χ4v) is 1.15. The van der Waals surface area contributed by atoms with Crippen molar-refractivity contribution in [2.45, 2.75) is 31.8 Å². The van der Waals surface area contributed by atoms with E-state index in [1.807, 2.05) is 0 Å². The summed E-state index contributed by atoms with van der Waals surface area (Å²) in [7, 11) is 0. The molecule has 3 nitrogen and oxygen atoms in total. The van der Waals surface area contributed by atoms with Crippen molar-refractivity contribution in [1.82, 2.24) is 0 Å². The van der Waals surface area contributed by atoms with Crippen LogP contribution in [-0.2, 0) is 4.74 Å². The second-order valence-electron chi connectivity index (χ2n) is 2.29. The van der Waals surface area contributed by atoms with Crippen LogP contribution in [0, 0.1) is 0 Å². The molecule has 0 heterocycles. The minimum Gasteiger partial charge on any atom is -0.450 e. The van der Waals surface area contributed by atoms with Crippen molar-refractivity contribution in [3.63, 3.8) is 0 Å². The third kappa shape index (κ3) is 2.92. The molecule has 1 N–H and O–H groups in total. The van der Waals surface area contributed by atoms with Crippen LogP contribution in [0.15, 0.2) is 0 Å². The molecular formula is C6H11ClO3. The molecule has 1 fully saturated rings. The van der Waals surface area contributed by atoms with Crippen LogP contribution in [0.1, 0.15) is 25.7 Å². The summed E-state index contributed by atoms with van der Waals surface area (Å²) in [6, 6.07) is 0. The molecule has 0 aliphatic heterocycles. The number of carboxylic acid groups (broad SMARTS) is 1. The monoisotopic (exact) mass is 166 g/mol. The van der Waals surface area contributed by atoms with E-state index in [9.17, 15) is 4.79 Å². The Morgan fingerprint density at radius 1 is 1.40 bits per heavy atom. The topological polar surface area (TPSA) is 46.5 Å². The van der Waals surface area contributed by atoms with Gasteiger partial charge in [0.15, 0.2) is 0 Å². The van der Waals surface area contributed by atoms with Gasteiger partial charge in [-0.25, -0.2) is 4.79 Å². The summed E-state index contributed by atoms with van der Waals surface area (Å²) in [6.07, 6.45) is 2.89. The number of carbonyl (C=O) groups is 1. The fourth-order valence-electron chi connectivity index (χ4n) is 1.15. The summed E-state index contributed by atoms with van der Waals surface area (Å²) in [5.41, 5.74) is 0. The molecule has 0 unspecified atom stereocenters. The Morgan fingerprint density at radius 3 is 2.30 bits per heavy atom. The van der Waals surface area contributed by atoms with Gasteiger partial charge in [0.05, 0.1) is 0 Å². The minimum atomic E-state index is -1.14. The molecule has 0 atom stereocenters. The Labute approximate surface area is 65.8 Å². The minimum absolute atomic E-state index is 0. The Bertz CT molecular complexity index is 110. The first-order valence-electron chi connectivity index (χ1n) is 3.18. The van der Waals surface area contributed by atoms with E-state index in [2.05, 4.69) is 4.74 Å². The molecule has 0 amide bonds. The predicted octanol–water partition coefficient (Wildman–Crippen LogP) is 2.05. The van der Waals surface area contributed by atoms with Gasteiger partial charge in [-0.15, -0.1) is 12.4 Å². The highest BCUT2D eigenvalue weighted by atomic mass is 35.5. The first kappa shape index (κ1) is 9.56. The second kappa shape index (κ2) is 4.39. The average molecular weight is 167 g/mol. The van der Waals surface area contributed by atoms with Crippen LogP contribution in [0.3, 0.4) is 0 Å². The van der Waals surface area contributed by atoms with Gasteiger partial charge in [0.25, 0.3) is 0 Å². The fraction of sp³-hybridized carbons (Fsp3) is 0.833. The molecule has 1 rings (SSSR count). The Morgan fingerprint density at radius 2 is 1.90 bits per heavy atom. The molecule has 0 spiro atoms. The lowest BCUT2D eigenvalue weighted by atomic mass is 10.3. The maximum Gasteiger partial charge on any atom is 0.506 e. The van der Waals surface area contributed by atoms with E-state index in [1.165, 1.54) is 0 Å². The van der Waals surface area contributed by atoms with Gasteiger partial charge >= 0.3 is 6.16 Å². The van der Waals surface area contributed by atoms with Gasteiger partial charge in [-0.05, 0) is 25.7 Å². The molecule has 0 aromatic rings. The van der Waals surface area contributed by atoms with Crippen molar-refractivity contribution in [2.24, 2.45) is 0 Å². The zero-order valence-electron chi connectivity index (χ0n) is 5.58. The highest BCUT2D eigenvalue weighted by molar-refractivity contribution is 5.85. The third-order valence-electron chi connectivity index (χ3n) is 1.57. The molecule has 0 aromatic heterocycles. The van der Waals surface area contributed by atoms with Gasteiger partial charge in [0, 0.05) is 0 Å². The van der Waals surface area contributed by atoms with Crippen molar-refractivity contribution >= 4 is 18.6 Å². The molecule has 0 bridgehead atoms. The van der Waals surface area contributed by atoms with Crippen molar-refractivity contribution in [2.75, 3.05) is 0 Å². The smallest absolute Gasteiger partial charge is 0.450 e. The molecule has 0 aromatic carbocycles. The third-order valence-corrected chi connectivity index (χ3v) is 1.57. The maximum absolute atomic E-state index is 9.93. The van der Waals surface area contributed by atoms with Crippen molar-refractivity contribution < 1.29 is 14.6 Å². The van der Waals surface area contributed by atoms with Crippen LogP contribution in [-0.4, -0.2) is 17.4 Å². The van der Waals surface area contributed by atoms with Crippen LogP contribution in [0.25, 0.3) is 0 Å². The molecule has 0 saturated heterocycles. The van der Waals surface area contributed by atoms with E-state index < -0.39 is 6.16 Å². The van der Waals surface area contributed by atoms with Crippen molar-refractivity contribution in [1.29, 1.82) is 0 Å². The SMILES string of the molecule is Cl.O=C(O)OC1CCCC1. The van der Waals surface area contributed by atoms with Crippen molar-refractivity contribution in [3.8, 4) is 0 Å². The summed E-state index contributed by atoms with van der Waals surface area (Å²) in [5.74, 6) is 0. The maximum atomic E-state index is 9.93. The predicted molar refractivity (Wildman–Crippen MR) is 38.6 cm³/mol. The molecule has 60 valence electrons. The summed E-state index contributed by atoms with van der Waals surface area (Å²) >= 11 is 0. The standard InChI is InChI=1S/C6H10O3.ClH/c7-6(8)9-5-3-1-2-4-5;/h5H,1-4H2,(H,7,8);1H. The van der Waals surface area contributed by atoms with Crippen molar-refractivity contribution in [3.05, 3.63) is 0 Å². The van der Waals surface area contributed by atoms with Gasteiger partial charge in [-0.3, -0.25) is 0 Å². The lowest BCUT2D eigenvalue weighted by Crippen LogP contribution is -2.11. The van der Waals surface area contributed by atoms with Crippen LogP contribution < -0.4 is 0 Å². The summed E-state index contributed by atoms with van der Waals surface area (Å²) < 4.78 is 4.53. The van der Waals surface area contributed by atoms with Crippen LogP contribution in [0.4, 0.5) is 4.79 Å². The average Bonchev–Trinajstić information content (AvgIpc) is 2.15. The Balaban J connectivity index is 0.000000810. The van der Waals surface area contributed by atoms with Gasteiger partial charge in [0.2, 0.25) is 0 Å². The second-order valence-corrected chi connectivity index (χ2v) is 2.29. The quantitative estimate of drug-likeness (QED) is 0.607. The summed E-state index contributed by atoms with van der Waals surface area (Å²) in [5, 5.41) is 8.15. The van der Waals surface area contributed by atoms with E-state index in [0.717, 1.165) is 25.7 Å². The number of hydrogen-bond acceptors (Lipinski definition) is 2. The number of halogens is 1. The molecule has 10 heavy (non-hydrogen) atoms. The van der Waals surface area contributed by atoms with Gasteiger partial charge in [0.1, 0.15) is 6.10 Å². The largest absolute Gasteiger partial charge is 0.506 e. The zero-order valence-corrected chi connectivity index (χ0v) is 6.39. The van der Waals surface area contributed by atoms with E-state index in [0.29, 0.717) is 0 Å². The lowest BCUT2D eigenvalue weighted by Gasteiger charge is -2.05. The highest BCUT2D eigenvalue weighted by Gasteiger charge is 2.17. The molecule has 1 aliphatic carbocycles.